The van der Waals surface area contributed by atoms with Gasteiger partial charge in [-0.3, -0.25) is 0 Å². The molecular weight excluding hydrogens is 324 g/mol. The standard InChI is InChI=1S/C15H12N6.C5H10/c1-16-15-19-9-13-12(4-6-21(13)20-15)11-7-10-3-2-5-17-14(10)18-8-11;1-5-3-2-4-5/h2-9H,1H3,(H,16,20);5H,2-4H2,1H3. The highest BCUT2D eigenvalue weighted by molar-refractivity contribution is 5.86. The lowest BCUT2D eigenvalue weighted by Crippen LogP contribution is -2.04. The summed E-state index contributed by atoms with van der Waals surface area (Å²) in [6, 6.07) is 8.01. The fourth-order valence-corrected chi connectivity index (χ4v) is 2.98. The van der Waals surface area contributed by atoms with Gasteiger partial charge in [0.2, 0.25) is 5.95 Å². The highest BCUT2D eigenvalue weighted by atomic mass is 15.3. The Morgan fingerprint density at radius 3 is 2.69 bits per heavy atom. The molecule has 0 amide bonds. The largest absolute Gasteiger partial charge is 0.356 e. The predicted octanol–water partition coefficient (Wildman–Crippen LogP) is 4.19. The molecule has 132 valence electrons. The normalized spacial score (nSPS) is 13.9. The third kappa shape index (κ3) is 3.22. The minimum absolute atomic E-state index is 0.588. The maximum absolute atomic E-state index is 4.40. The quantitative estimate of drug-likeness (QED) is 0.589. The number of fused-ring (bicyclic) bond motifs is 2. The second-order valence-corrected chi connectivity index (χ2v) is 6.70. The average molecular weight is 346 g/mol. The molecule has 6 nitrogen and oxygen atoms in total. The van der Waals surface area contributed by atoms with E-state index in [2.05, 4.69) is 38.4 Å². The van der Waals surface area contributed by atoms with Crippen LogP contribution in [0.25, 0.3) is 27.7 Å². The van der Waals surface area contributed by atoms with Crippen LogP contribution in [-0.4, -0.2) is 31.6 Å². The van der Waals surface area contributed by atoms with Gasteiger partial charge >= 0.3 is 0 Å². The van der Waals surface area contributed by atoms with Crippen molar-refractivity contribution in [2.24, 2.45) is 5.92 Å². The van der Waals surface area contributed by atoms with Crippen molar-refractivity contribution < 1.29 is 0 Å². The molecule has 0 unspecified atom stereocenters. The maximum Gasteiger partial charge on any atom is 0.240 e. The molecule has 1 aliphatic rings. The fraction of sp³-hybridized carbons (Fsp3) is 0.300. The van der Waals surface area contributed by atoms with Crippen molar-refractivity contribution in [1.29, 1.82) is 0 Å². The van der Waals surface area contributed by atoms with Gasteiger partial charge in [0.05, 0.1) is 11.7 Å². The van der Waals surface area contributed by atoms with Crippen LogP contribution in [0.1, 0.15) is 26.2 Å². The van der Waals surface area contributed by atoms with E-state index in [4.69, 9.17) is 0 Å². The second-order valence-electron chi connectivity index (χ2n) is 6.70. The van der Waals surface area contributed by atoms with Gasteiger partial charge in [0.15, 0.2) is 5.65 Å². The Hall–Kier alpha value is -3.02. The minimum Gasteiger partial charge on any atom is -0.356 e. The molecule has 0 atom stereocenters. The smallest absolute Gasteiger partial charge is 0.240 e. The Kier molecular flexibility index (Phi) is 4.48. The van der Waals surface area contributed by atoms with E-state index in [0.717, 1.165) is 33.6 Å². The van der Waals surface area contributed by atoms with E-state index >= 15 is 0 Å². The molecule has 1 N–H and O–H groups in total. The van der Waals surface area contributed by atoms with E-state index in [1.807, 2.05) is 41.3 Å². The number of nitrogens with zero attached hydrogens (tertiary/aromatic N) is 5. The topological polar surface area (TPSA) is 68.0 Å². The summed E-state index contributed by atoms with van der Waals surface area (Å²) in [5.74, 6) is 1.65. The lowest BCUT2D eigenvalue weighted by Gasteiger charge is -2.18. The number of anilines is 1. The summed E-state index contributed by atoms with van der Waals surface area (Å²) in [6.45, 7) is 2.31. The first-order chi connectivity index (χ1) is 12.7. The molecule has 0 saturated heterocycles. The number of rotatable bonds is 2. The summed E-state index contributed by atoms with van der Waals surface area (Å²) in [7, 11) is 1.80. The van der Waals surface area contributed by atoms with Crippen molar-refractivity contribution in [3.8, 4) is 11.1 Å². The highest BCUT2D eigenvalue weighted by Crippen LogP contribution is 2.26. The molecule has 4 aromatic rings. The molecule has 4 heterocycles. The van der Waals surface area contributed by atoms with Crippen molar-refractivity contribution >= 4 is 22.5 Å². The van der Waals surface area contributed by atoms with Crippen molar-refractivity contribution in [3.63, 3.8) is 0 Å². The number of pyridine rings is 2. The van der Waals surface area contributed by atoms with E-state index in [0.29, 0.717) is 5.95 Å². The number of nitrogens with one attached hydrogen (secondary N) is 1. The molecule has 26 heavy (non-hydrogen) atoms. The Labute approximate surface area is 152 Å². The first-order valence-electron chi connectivity index (χ1n) is 8.98. The van der Waals surface area contributed by atoms with Crippen LogP contribution in [-0.2, 0) is 0 Å². The Morgan fingerprint density at radius 1 is 1.12 bits per heavy atom. The van der Waals surface area contributed by atoms with Gasteiger partial charge in [-0.25, -0.2) is 19.5 Å². The summed E-state index contributed by atoms with van der Waals surface area (Å²) in [4.78, 5) is 12.9. The van der Waals surface area contributed by atoms with Crippen LogP contribution >= 0.6 is 0 Å². The summed E-state index contributed by atoms with van der Waals surface area (Å²) in [5.41, 5.74) is 3.77. The van der Waals surface area contributed by atoms with Crippen LogP contribution in [0.3, 0.4) is 0 Å². The number of aromatic nitrogens is 5. The van der Waals surface area contributed by atoms with E-state index in [9.17, 15) is 0 Å². The van der Waals surface area contributed by atoms with Crippen molar-refractivity contribution in [1.82, 2.24) is 24.6 Å². The molecule has 5 rings (SSSR count). The van der Waals surface area contributed by atoms with Crippen molar-refractivity contribution in [3.05, 3.63) is 49.1 Å². The summed E-state index contributed by atoms with van der Waals surface area (Å²) < 4.78 is 1.81. The predicted molar refractivity (Wildman–Crippen MR) is 104 cm³/mol. The van der Waals surface area contributed by atoms with Gasteiger partial charge in [-0.15, -0.1) is 5.10 Å². The average Bonchev–Trinajstić information content (AvgIpc) is 3.09. The molecule has 1 aliphatic carbocycles. The second kappa shape index (κ2) is 7.07. The molecule has 0 aromatic carbocycles. The van der Waals surface area contributed by atoms with Crippen LogP contribution in [0, 0.1) is 5.92 Å². The van der Waals surface area contributed by atoms with E-state index in [-0.39, 0.29) is 0 Å². The molecule has 1 saturated carbocycles. The van der Waals surface area contributed by atoms with E-state index in [1.54, 1.807) is 13.2 Å². The molecule has 0 aliphatic heterocycles. The van der Waals surface area contributed by atoms with Gasteiger partial charge in [0.25, 0.3) is 0 Å². The number of hydrogen-bond donors (Lipinski definition) is 1. The van der Waals surface area contributed by atoms with Crippen LogP contribution in [0.2, 0.25) is 0 Å². The Bertz CT molecular complexity index is 1030. The SMILES string of the molecule is CC1CCC1.CNc1ncc2c(-c3cnc4ncccc4c3)ccn2n1. The lowest BCUT2D eigenvalue weighted by molar-refractivity contribution is 0.346. The van der Waals surface area contributed by atoms with Gasteiger partial charge in [-0.1, -0.05) is 26.2 Å². The third-order valence-electron chi connectivity index (χ3n) is 4.80. The zero-order valence-electron chi connectivity index (χ0n) is 15.1. The summed E-state index contributed by atoms with van der Waals surface area (Å²) in [5, 5.41) is 8.31. The van der Waals surface area contributed by atoms with Gasteiger partial charge in [0.1, 0.15) is 0 Å². The van der Waals surface area contributed by atoms with Crippen molar-refractivity contribution in [2.75, 3.05) is 12.4 Å². The van der Waals surface area contributed by atoms with Crippen LogP contribution < -0.4 is 5.32 Å². The minimum atomic E-state index is 0.588. The molecule has 1 fully saturated rings. The van der Waals surface area contributed by atoms with Gasteiger partial charge in [-0.2, -0.15) is 0 Å². The Balaban J connectivity index is 0.000000292. The summed E-state index contributed by atoms with van der Waals surface area (Å²) >= 11 is 0. The lowest BCUT2D eigenvalue weighted by atomic mass is 9.88. The first-order valence-corrected chi connectivity index (χ1v) is 8.98. The molecule has 6 heteroatoms. The zero-order valence-corrected chi connectivity index (χ0v) is 15.1. The monoisotopic (exact) mass is 346 g/mol. The third-order valence-corrected chi connectivity index (χ3v) is 4.80. The number of hydrogen-bond acceptors (Lipinski definition) is 5. The Morgan fingerprint density at radius 2 is 1.96 bits per heavy atom. The van der Waals surface area contributed by atoms with Gasteiger partial charge in [0, 0.05) is 42.2 Å². The molecule has 4 aromatic heterocycles. The first kappa shape index (κ1) is 16.4. The molecule has 0 radical (unpaired) electrons. The van der Waals surface area contributed by atoms with Crippen LogP contribution in [0.5, 0.6) is 0 Å². The highest BCUT2D eigenvalue weighted by Gasteiger charge is 2.09. The van der Waals surface area contributed by atoms with E-state index < -0.39 is 0 Å². The van der Waals surface area contributed by atoms with Gasteiger partial charge < -0.3 is 5.32 Å². The molecule has 0 spiro atoms. The van der Waals surface area contributed by atoms with Crippen LogP contribution in [0.4, 0.5) is 5.95 Å². The molecule has 0 bridgehead atoms. The molecular formula is C20H22N6. The zero-order chi connectivity index (χ0) is 17.9. The summed E-state index contributed by atoms with van der Waals surface area (Å²) in [6.07, 6.45) is 11.8. The van der Waals surface area contributed by atoms with Gasteiger partial charge in [-0.05, 0) is 30.2 Å². The van der Waals surface area contributed by atoms with Crippen molar-refractivity contribution in [2.45, 2.75) is 26.2 Å². The maximum atomic E-state index is 4.40. The fourth-order valence-electron chi connectivity index (χ4n) is 2.98. The van der Waals surface area contributed by atoms with E-state index in [1.165, 1.54) is 19.3 Å². The van der Waals surface area contributed by atoms with Crippen LogP contribution in [0.15, 0.2) is 49.1 Å².